The smallest absolute Gasteiger partial charge is 0.433 e. The van der Waals surface area contributed by atoms with E-state index in [-0.39, 0.29) is 40.2 Å². The van der Waals surface area contributed by atoms with Crippen molar-refractivity contribution in [3.63, 3.8) is 0 Å². The molecule has 1 fully saturated rings. The van der Waals surface area contributed by atoms with Crippen LogP contribution in [0.3, 0.4) is 0 Å². The summed E-state index contributed by atoms with van der Waals surface area (Å²) in [6, 6.07) is 4.06. The number of hydrogen-bond acceptors (Lipinski definition) is 7. The van der Waals surface area contributed by atoms with Gasteiger partial charge in [0.1, 0.15) is 11.6 Å². The van der Waals surface area contributed by atoms with Gasteiger partial charge in [-0.2, -0.15) is 13.2 Å². The van der Waals surface area contributed by atoms with Crippen molar-refractivity contribution in [3.05, 3.63) is 35.4 Å². The van der Waals surface area contributed by atoms with Crippen molar-refractivity contribution >= 4 is 29.4 Å². The molecule has 8 nitrogen and oxygen atoms in total. The highest BCUT2D eigenvalue weighted by Crippen LogP contribution is 2.32. The van der Waals surface area contributed by atoms with Crippen molar-refractivity contribution in [3.8, 4) is 0 Å². The largest absolute Gasteiger partial charge is 0.455 e. The number of furan rings is 1. The lowest BCUT2D eigenvalue weighted by atomic mass is 10.2. The van der Waals surface area contributed by atoms with Gasteiger partial charge in [-0.15, -0.1) is 0 Å². The third-order valence-electron chi connectivity index (χ3n) is 4.93. The molecule has 1 aliphatic rings. The monoisotopic (exact) mass is 485 g/mol. The first-order valence-corrected chi connectivity index (χ1v) is 11.5. The van der Waals surface area contributed by atoms with E-state index in [0.29, 0.717) is 38.5 Å². The van der Waals surface area contributed by atoms with Gasteiger partial charge < -0.3 is 19.5 Å². The van der Waals surface area contributed by atoms with Gasteiger partial charge >= 0.3 is 6.18 Å². The molecule has 12 heteroatoms. The van der Waals surface area contributed by atoms with Gasteiger partial charge in [0, 0.05) is 45.7 Å². The number of hydrogen-bond donors (Lipinski definition) is 1. The first kappa shape index (κ1) is 24.9. The number of piperazine rings is 1. The zero-order valence-corrected chi connectivity index (χ0v) is 19.4. The number of anilines is 1. The maximum Gasteiger partial charge on any atom is 0.433 e. The Balaban J connectivity index is 1.71. The fourth-order valence-electron chi connectivity index (χ4n) is 3.13. The minimum Gasteiger partial charge on any atom is -0.455 e. The van der Waals surface area contributed by atoms with Gasteiger partial charge in [-0.25, -0.2) is 9.97 Å². The SMILES string of the molecule is CC(=O)N1CCN(c2cc(C(F)(F)F)nc(SCc3ccc(C(=O)NCC(C)C)o3)n2)CC1. The second-order valence-corrected chi connectivity index (χ2v) is 8.99. The molecule has 0 spiro atoms. The third-order valence-corrected chi connectivity index (χ3v) is 5.80. The van der Waals surface area contributed by atoms with E-state index >= 15 is 0 Å². The van der Waals surface area contributed by atoms with Gasteiger partial charge in [-0.1, -0.05) is 25.6 Å². The highest BCUT2D eigenvalue weighted by molar-refractivity contribution is 7.98. The summed E-state index contributed by atoms with van der Waals surface area (Å²) < 4.78 is 45.8. The average molecular weight is 486 g/mol. The normalized spacial score (nSPS) is 14.6. The summed E-state index contributed by atoms with van der Waals surface area (Å²) in [6.07, 6.45) is -4.62. The predicted molar refractivity (Wildman–Crippen MR) is 117 cm³/mol. The van der Waals surface area contributed by atoms with E-state index in [0.717, 1.165) is 17.8 Å². The van der Waals surface area contributed by atoms with Crippen molar-refractivity contribution in [1.82, 2.24) is 20.2 Å². The highest BCUT2D eigenvalue weighted by atomic mass is 32.2. The molecule has 0 saturated carbocycles. The molecule has 0 unspecified atom stereocenters. The molecule has 180 valence electrons. The zero-order chi connectivity index (χ0) is 24.2. The molecule has 1 saturated heterocycles. The second kappa shape index (κ2) is 10.4. The average Bonchev–Trinajstić information content (AvgIpc) is 3.24. The molecule has 1 aliphatic heterocycles. The lowest BCUT2D eigenvalue weighted by molar-refractivity contribution is -0.141. The molecular weight excluding hydrogens is 459 g/mol. The van der Waals surface area contributed by atoms with Crippen LogP contribution in [0.4, 0.5) is 19.0 Å². The van der Waals surface area contributed by atoms with Crippen LogP contribution in [0.2, 0.25) is 0 Å². The summed E-state index contributed by atoms with van der Waals surface area (Å²) in [4.78, 5) is 34.9. The Bertz CT molecular complexity index is 988. The van der Waals surface area contributed by atoms with Crippen molar-refractivity contribution in [2.24, 2.45) is 5.92 Å². The minimum atomic E-state index is -4.62. The summed E-state index contributed by atoms with van der Waals surface area (Å²) in [5, 5.41) is 2.70. The van der Waals surface area contributed by atoms with Gasteiger partial charge in [0.2, 0.25) is 5.91 Å². The number of nitrogens with zero attached hydrogens (tertiary/aromatic N) is 4. The molecule has 3 heterocycles. The van der Waals surface area contributed by atoms with Crippen LogP contribution < -0.4 is 10.2 Å². The summed E-state index contributed by atoms with van der Waals surface area (Å²) >= 11 is 0.992. The summed E-state index contributed by atoms with van der Waals surface area (Å²) in [6.45, 7) is 7.49. The van der Waals surface area contributed by atoms with Gasteiger partial charge in [0.15, 0.2) is 16.6 Å². The third kappa shape index (κ3) is 6.86. The van der Waals surface area contributed by atoms with Crippen LogP contribution >= 0.6 is 11.8 Å². The van der Waals surface area contributed by atoms with Crippen molar-refractivity contribution in [1.29, 1.82) is 0 Å². The molecular formula is C21H26F3N5O3S. The zero-order valence-electron chi connectivity index (χ0n) is 18.6. The predicted octanol–water partition coefficient (Wildman–Crippen LogP) is 3.44. The number of nitrogens with one attached hydrogen (secondary N) is 1. The molecule has 2 aromatic heterocycles. The van der Waals surface area contributed by atoms with Gasteiger partial charge in [0.05, 0.1) is 5.75 Å². The first-order valence-electron chi connectivity index (χ1n) is 10.5. The molecule has 2 aromatic rings. The summed E-state index contributed by atoms with van der Waals surface area (Å²) in [5.41, 5.74) is -1.03. The van der Waals surface area contributed by atoms with Gasteiger partial charge in [-0.3, -0.25) is 9.59 Å². The highest BCUT2D eigenvalue weighted by Gasteiger charge is 2.34. The number of thioether (sulfide) groups is 1. The molecule has 1 N–H and O–H groups in total. The molecule has 2 amide bonds. The van der Waals surface area contributed by atoms with Crippen LogP contribution in [0, 0.1) is 5.92 Å². The van der Waals surface area contributed by atoms with E-state index in [9.17, 15) is 22.8 Å². The van der Waals surface area contributed by atoms with Crippen LogP contribution in [0.5, 0.6) is 0 Å². The van der Waals surface area contributed by atoms with E-state index in [1.165, 1.54) is 13.0 Å². The molecule has 0 aromatic carbocycles. The van der Waals surface area contributed by atoms with E-state index in [1.54, 1.807) is 15.9 Å². The Morgan fingerprint density at radius 3 is 2.48 bits per heavy atom. The van der Waals surface area contributed by atoms with E-state index < -0.39 is 11.9 Å². The van der Waals surface area contributed by atoms with Crippen LogP contribution in [0.25, 0.3) is 0 Å². The number of amides is 2. The Morgan fingerprint density at radius 1 is 1.18 bits per heavy atom. The second-order valence-electron chi connectivity index (χ2n) is 8.04. The number of alkyl halides is 3. The Hall–Kier alpha value is -2.76. The van der Waals surface area contributed by atoms with Crippen LogP contribution in [-0.2, 0) is 16.7 Å². The fourth-order valence-corrected chi connectivity index (χ4v) is 3.88. The Labute approximate surface area is 193 Å². The number of rotatable bonds is 7. The minimum absolute atomic E-state index is 0.0453. The van der Waals surface area contributed by atoms with Crippen LogP contribution in [0.1, 0.15) is 42.8 Å². The molecule has 0 aliphatic carbocycles. The van der Waals surface area contributed by atoms with Crippen LogP contribution in [0.15, 0.2) is 27.8 Å². The summed E-state index contributed by atoms with van der Waals surface area (Å²) in [5.74, 6) is 0.763. The molecule has 3 rings (SSSR count). The molecule has 33 heavy (non-hydrogen) atoms. The standard InChI is InChI=1S/C21H26F3N5O3S/c1-13(2)11-25-19(31)16-5-4-15(32-16)12-33-20-26-17(21(22,23)24)10-18(27-20)29-8-6-28(7-9-29)14(3)30/h4-5,10,13H,6-9,11-12H2,1-3H3,(H,25,31). The van der Waals surface area contributed by atoms with E-state index in [1.807, 2.05) is 13.8 Å². The maximum atomic E-state index is 13.4. The first-order chi connectivity index (χ1) is 15.5. The van der Waals surface area contributed by atoms with E-state index in [2.05, 4.69) is 15.3 Å². The number of halogens is 3. The fraction of sp³-hybridized carbons (Fsp3) is 0.524. The number of carbonyl (C=O) groups is 2. The van der Waals surface area contributed by atoms with E-state index in [4.69, 9.17) is 4.42 Å². The van der Waals surface area contributed by atoms with Crippen molar-refractivity contribution in [2.75, 3.05) is 37.6 Å². The van der Waals surface area contributed by atoms with Gasteiger partial charge in [0.25, 0.3) is 5.91 Å². The quantitative estimate of drug-likeness (QED) is 0.475. The maximum absolute atomic E-state index is 13.4. The van der Waals surface area contributed by atoms with Crippen molar-refractivity contribution < 1.29 is 27.2 Å². The molecule has 0 bridgehead atoms. The number of carbonyl (C=O) groups excluding carboxylic acids is 2. The number of aromatic nitrogens is 2. The topological polar surface area (TPSA) is 91.6 Å². The van der Waals surface area contributed by atoms with Crippen molar-refractivity contribution in [2.45, 2.75) is 37.9 Å². The molecule has 0 atom stereocenters. The molecule has 0 radical (unpaired) electrons. The summed E-state index contributed by atoms with van der Waals surface area (Å²) in [7, 11) is 0. The lowest BCUT2D eigenvalue weighted by Crippen LogP contribution is -2.48. The lowest BCUT2D eigenvalue weighted by Gasteiger charge is -2.35. The van der Waals surface area contributed by atoms with Crippen LogP contribution in [-0.4, -0.2) is 59.4 Å². The Kier molecular flexibility index (Phi) is 7.88. The Morgan fingerprint density at radius 2 is 1.88 bits per heavy atom. The van der Waals surface area contributed by atoms with Gasteiger partial charge in [-0.05, 0) is 18.1 Å².